The molecule has 0 aliphatic carbocycles. The van der Waals surface area contributed by atoms with Crippen LogP contribution in [-0.2, 0) is 21.3 Å². The topological polar surface area (TPSA) is 81.4 Å². The number of alkyl halides is 3. The third-order valence-corrected chi connectivity index (χ3v) is 9.90. The number of nitrogens with zero attached hydrogens (tertiary/aromatic N) is 2. The van der Waals surface area contributed by atoms with Crippen molar-refractivity contribution in [2.24, 2.45) is 5.92 Å². The van der Waals surface area contributed by atoms with Crippen LogP contribution in [-0.4, -0.2) is 28.6 Å². The van der Waals surface area contributed by atoms with Crippen molar-refractivity contribution in [3.8, 4) is 5.75 Å². The molecule has 5 aromatic carbocycles. The van der Waals surface area contributed by atoms with E-state index in [2.05, 4.69) is 40.6 Å². The highest BCUT2D eigenvalue weighted by molar-refractivity contribution is 7.88. The number of benzene rings is 5. The second kappa shape index (κ2) is 12.3. The van der Waals surface area contributed by atoms with Crippen molar-refractivity contribution in [1.82, 2.24) is 9.55 Å². The first-order chi connectivity index (χ1) is 22.8. The van der Waals surface area contributed by atoms with Gasteiger partial charge in [-0.1, -0.05) is 123 Å². The Morgan fingerprint density at radius 1 is 0.750 bits per heavy atom. The van der Waals surface area contributed by atoms with E-state index in [1.807, 2.05) is 79.2 Å². The number of aliphatic hydroxyl groups is 1. The van der Waals surface area contributed by atoms with E-state index in [0.29, 0.717) is 22.0 Å². The van der Waals surface area contributed by atoms with Gasteiger partial charge in [0.25, 0.3) is 0 Å². The highest BCUT2D eigenvalue weighted by Crippen LogP contribution is 2.44. The molecular weight excluding hydrogens is 637 g/mol. The summed E-state index contributed by atoms with van der Waals surface area (Å²) >= 11 is 0. The molecule has 0 fully saturated rings. The van der Waals surface area contributed by atoms with E-state index in [1.165, 1.54) is 19.1 Å². The molecule has 10 heteroatoms. The van der Waals surface area contributed by atoms with Crippen molar-refractivity contribution in [3.05, 3.63) is 167 Å². The summed E-state index contributed by atoms with van der Waals surface area (Å²) in [6.07, 6.45) is 3.59. The fourth-order valence-electron chi connectivity index (χ4n) is 6.42. The third kappa shape index (κ3) is 5.44. The Hall–Kier alpha value is -4.93. The van der Waals surface area contributed by atoms with Crippen molar-refractivity contribution >= 4 is 20.9 Å². The fraction of sp³-hybridized carbons (Fsp3) is 0.184. The molecule has 0 saturated carbocycles. The summed E-state index contributed by atoms with van der Waals surface area (Å²) in [5.41, 5.74) is -3.90. The number of hydrogen-bond acceptors (Lipinski definition) is 5. The van der Waals surface area contributed by atoms with E-state index in [4.69, 9.17) is 4.98 Å². The second-order valence-corrected chi connectivity index (χ2v) is 13.5. The number of imidazole rings is 1. The van der Waals surface area contributed by atoms with Crippen molar-refractivity contribution in [3.63, 3.8) is 0 Å². The van der Waals surface area contributed by atoms with Gasteiger partial charge in [-0.3, -0.25) is 0 Å². The van der Waals surface area contributed by atoms with Gasteiger partial charge in [0.15, 0.2) is 0 Å². The van der Waals surface area contributed by atoms with Gasteiger partial charge in [-0.2, -0.15) is 21.6 Å². The molecule has 6 aromatic rings. The molecule has 1 atom stereocenters. The first-order valence-electron chi connectivity index (χ1n) is 15.3. The third-order valence-electron chi connectivity index (χ3n) is 8.93. The summed E-state index contributed by atoms with van der Waals surface area (Å²) < 4.78 is 68.8. The Bertz CT molecular complexity index is 2070. The van der Waals surface area contributed by atoms with Crippen LogP contribution < -0.4 is 4.18 Å². The van der Waals surface area contributed by atoms with E-state index in [1.54, 1.807) is 24.5 Å². The van der Waals surface area contributed by atoms with Crippen molar-refractivity contribution in [2.45, 2.75) is 37.4 Å². The highest BCUT2D eigenvalue weighted by Gasteiger charge is 2.49. The zero-order valence-corrected chi connectivity index (χ0v) is 27.2. The molecule has 0 radical (unpaired) electrons. The minimum atomic E-state index is -5.84. The summed E-state index contributed by atoms with van der Waals surface area (Å²) in [5.74, 6) is -0.789. The van der Waals surface area contributed by atoms with Gasteiger partial charge in [0, 0.05) is 11.8 Å². The summed E-state index contributed by atoms with van der Waals surface area (Å²) in [6.45, 7) is 5.24. The van der Waals surface area contributed by atoms with Crippen molar-refractivity contribution < 1.29 is 30.9 Å². The number of halogens is 3. The van der Waals surface area contributed by atoms with Crippen LogP contribution in [0.15, 0.2) is 134 Å². The highest BCUT2D eigenvalue weighted by atomic mass is 32.2. The van der Waals surface area contributed by atoms with Crippen LogP contribution in [0.3, 0.4) is 0 Å². The normalized spacial score (nSPS) is 13.8. The van der Waals surface area contributed by atoms with Gasteiger partial charge < -0.3 is 13.9 Å². The second-order valence-electron chi connectivity index (χ2n) is 12.0. The van der Waals surface area contributed by atoms with Crippen LogP contribution in [0.1, 0.15) is 47.4 Å². The number of rotatable bonds is 9. The lowest BCUT2D eigenvalue weighted by Gasteiger charge is -2.37. The first-order valence-corrected chi connectivity index (χ1v) is 16.7. The molecule has 6 nitrogen and oxygen atoms in total. The average molecular weight is 671 g/mol. The summed E-state index contributed by atoms with van der Waals surface area (Å²) in [7, 11) is -5.84. The lowest BCUT2D eigenvalue weighted by atomic mass is 9.76. The number of aromatic nitrogens is 2. The Labute approximate surface area is 277 Å². The van der Waals surface area contributed by atoms with Gasteiger partial charge in [-0.05, 0) is 58.0 Å². The van der Waals surface area contributed by atoms with Crippen LogP contribution in [0.4, 0.5) is 13.2 Å². The van der Waals surface area contributed by atoms with E-state index in [-0.39, 0.29) is 11.5 Å². The molecule has 48 heavy (non-hydrogen) atoms. The van der Waals surface area contributed by atoms with Gasteiger partial charge in [-0.15, -0.1) is 0 Å². The van der Waals surface area contributed by atoms with Crippen LogP contribution in [0.25, 0.3) is 10.8 Å². The molecule has 1 heterocycles. The largest absolute Gasteiger partial charge is 0.534 e. The predicted octanol–water partition coefficient (Wildman–Crippen LogP) is 8.31. The maximum Gasteiger partial charge on any atom is 0.534 e. The maximum atomic E-state index is 13.0. The van der Waals surface area contributed by atoms with Gasteiger partial charge in [0.2, 0.25) is 0 Å². The first kappa shape index (κ1) is 33.0. The Balaban J connectivity index is 1.50. The average Bonchev–Trinajstić information content (AvgIpc) is 3.58. The molecule has 0 amide bonds. The summed E-state index contributed by atoms with van der Waals surface area (Å²) in [6, 6.07) is 37.9. The van der Waals surface area contributed by atoms with E-state index in [9.17, 15) is 26.7 Å². The molecule has 0 spiro atoms. The standard InChI is InChI=1S/C38H33F3N2O4S/c1-26(2)37(44,32-20-21-33-27(3)34(22-19-28(33)23-32)47-48(45,46)38(39,40)41)35-24-43(25-42-35)36(29-13-7-4-8-14-29,30-15-9-5-10-16-30)31-17-11-6-12-18-31/h4-26,44H,1-3H3. The van der Waals surface area contributed by atoms with Gasteiger partial charge in [-0.25, -0.2) is 4.98 Å². The zero-order valence-electron chi connectivity index (χ0n) is 26.4. The molecule has 6 rings (SSSR count). The number of aryl methyl sites for hydroxylation is 1. The SMILES string of the molecule is Cc1c(OS(=O)(=O)C(F)(F)F)ccc2cc(C(O)(c3cn(C(c4ccccc4)(c4ccccc4)c4ccccc4)cn3)C(C)C)ccc12. The molecule has 0 saturated heterocycles. The molecule has 0 aliphatic heterocycles. The van der Waals surface area contributed by atoms with Crippen LogP contribution >= 0.6 is 0 Å². The van der Waals surface area contributed by atoms with Crippen LogP contribution in [0.5, 0.6) is 5.75 Å². The fourth-order valence-corrected chi connectivity index (χ4v) is 6.93. The van der Waals surface area contributed by atoms with Gasteiger partial charge in [0.1, 0.15) is 16.9 Å². The molecular formula is C38H33F3N2O4S. The molecule has 1 N–H and O–H groups in total. The van der Waals surface area contributed by atoms with E-state index < -0.39 is 32.5 Å². The Morgan fingerprint density at radius 3 is 1.75 bits per heavy atom. The van der Waals surface area contributed by atoms with E-state index >= 15 is 0 Å². The molecule has 1 unspecified atom stereocenters. The smallest absolute Gasteiger partial charge is 0.378 e. The summed E-state index contributed by atoms with van der Waals surface area (Å²) in [4.78, 5) is 4.82. The predicted molar refractivity (Wildman–Crippen MR) is 179 cm³/mol. The minimum absolute atomic E-state index is 0.211. The van der Waals surface area contributed by atoms with Crippen LogP contribution in [0, 0.1) is 12.8 Å². The van der Waals surface area contributed by atoms with Crippen molar-refractivity contribution in [1.29, 1.82) is 0 Å². The minimum Gasteiger partial charge on any atom is -0.378 e. The monoisotopic (exact) mass is 670 g/mol. The number of hydrogen-bond donors (Lipinski definition) is 1. The zero-order chi connectivity index (χ0) is 34.3. The number of fused-ring (bicyclic) bond motifs is 1. The lowest BCUT2D eigenvalue weighted by molar-refractivity contribution is -0.0500. The molecule has 0 aliphatic rings. The maximum absolute atomic E-state index is 13.0. The molecule has 0 bridgehead atoms. The van der Waals surface area contributed by atoms with Gasteiger partial charge >= 0.3 is 15.6 Å². The lowest BCUT2D eigenvalue weighted by Crippen LogP contribution is -2.37. The van der Waals surface area contributed by atoms with Gasteiger partial charge in [0.05, 0.1) is 12.0 Å². The summed E-state index contributed by atoms with van der Waals surface area (Å²) in [5, 5.41) is 13.6. The van der Waals surface area contributed by atoms with Crippen molar-refractivity contribution in [2.75, 3.05) is 0 Å². The Morgan fingerprint density at radius 2 is 1.27 bits per heavy atom. The molecule has 246 valence electrons. The van der Waals surface area contributed by atoms with E-state index in [0.717, 1.165) is 16.7 Å². The molecule has 1 aromatic heterocycles. The Kier molecular flexibility index (Phi) is 8.43. The quantitative estimate of drug-likeness (QED) is 0.0951. The van der Waals surface area contributed by atoms with Crippen LogP contribution in [0.2, 0.25) is 0 Å².